The number of ether oxygens (including phenoxy) is 3. The van der Waals surface area contributed by atoms with E-state index in [4.69, 9.17) is 14.2 Å². The number of allylic oxidation sites excluding steroid dienone is 12. The third-order valence-electron chi connectivity index (χ3n) is 16.2. The predicted molar refractivity (Wildman–Crippen MR) is 362 cm³/mol. The van der Waals surface area contributed by atoms with Gasteiger partial charge in [-0.2, -0.15) is 0 Å². The van der Waals surface area contributed by atoms with Crippen molar-refractivity contribution in [1.82, 2.24) is 0 Å². The van der Waals surface area contributed by atoms with Gasteiger partial charge in [-0.3, -0.25) is 14.4 Å². The van der Waals surface area contributed by atoms with Gasteiger partial charge in [-0.1, -0.05) is 318 Å². The molecular weight excluding hydrogens is 1020 g/mol. The van der Waals surface area contributed by atoms with Gasteiger partial charge in [-0.05, 0) is 116 Å². The molecule has 0 rings (SSSR count). The number of hydrogen-bond donors (Lipinski definition) is 0. The largest absolute Gasteiger partial charge is 0.462 e. The van der Waals surface area contributed by atoms with Gasteiger partial charge < -0.3 is 14.2 Å². The van der Waals surface area contributed by atoms with E-state index in [0.717, 1.165) is 89.9 Å². The summed E-state index contributed by atoms with van der Waals surface area (Å²) in [6.07, 6.45) is 93.6. The quantitative estimate of drug-likeness (QED) is 0.0261. The molecule has 0 saturated heterocycles. The number of carbonyl (C=O) groups is 3. The highest BCUT2D eigenvalue weighted by Gasteiger charge is 2.19. The standard InChI is InChI=1S/C77H138O6/c1-4-7-10-13-16-19-22-25-28-30-32-34-36-37-38-39-41-42-44-46-49-52-55-58-61-64-67-70-76(79)82-73-74(72-81-75(78)69-66-63-60-57-54-51-48-27-24-21-18-15-12-9-6-3)83-77(80)71-68-65-62-59-56-53-50-47-45-43-40-35-33-31-29-26-23-20-17-14-11-8-5-2/h22-23,25-27,30-33,40,43,48,74H,4-21,24,28-29,34-39,41-42,44-47,49-73H2,1-3H3/b25-22-,26-23-,32-30-,33-31-,43-40-,48-27-. The Morgan fingerprint density at radius 2 is 0.434 bits per heavy atom. The molecule has 1 unspecified atom stereocenters. The van der Waals surface area contributed by atoms with Crippen LogP contribution in [-0.2, 0) is 28.6 Å². The monoisotopic (exact) mass is 1160 g/mol. The third-order valence-corrected chi connectivity index (χ3v) is 16.2. The lowest BCUT2D eigenvalue weighted by Crippen LogP contribution is -2.30. The smallest absolute Gasteiger partial charge is 0.306 e. The lowest BCUT2D eigenvalue weighted by molar-refractivity contribution is -0.167. The molecule has 1 atom stereocenters. The summed E-state index contributed by atoms with van der Waals surface area (Å²) in [5.74, 6) is -0.873. The first kappa shape index (κ1) is 79.8. The van der Waals surface area contributed by atoms with Gasteiger partial charge in [-0.15, -0.1) is 0 Å². The van der Waals surface area contributed by atoms with Crippen LogP contribution < -0.4 is 0 Å². The zero-order valence-electron chi connectivity index (χ0n) is 55.5. The zero-order valence-corrected chi connectivity index (χ0v) is 55.5. The lowest BCUT2D eigenvalue weighted by atomic mass is 10.0. The summed E-state index contributed by atoms with van der Waals surface area (Å²) in [6, 6.07) is 0. The number of hydrogen-bond acceptors (Lipinski definition) is 6. The molecule has 0 aromatic carbocycles. The fraction of sp³-hybridized carbons (Fsp3) is 0.805. The summed E-state index contributed by atoms with van der Waals surface area (Å²) in [5.41, 5.74) is 0. The predicted octanol–water partition coefficient (Wildman–Crippen LogP) is 25.2. The van der Waals surface area contributed by atoms with Gasteiger partial charge in [0.2, 0.25) is 0 Å². The van der Waals surface area contributed by atoms with Crippen LogP contribution in [0.25, 0.3) is 0 Å². The van der Waals surface area contributed by atoms with E-state index >= 15 is 0 Å². The van der Waals surface area contributed by atoms with Crippen molar-refractivity contribution in [3.8, 4) is 0 Å². The van der Waals surface area contributed by atoms with E-state index in [1.807, 2.05) is 0 Å². The molecule has 0 saturated carbocycles. The molecule has 6 heteroatoms. The molecule has 0 heterocycles. The second-order valence-corrected chi connectivity index (χ2v) is 24.5. The summed E-state index contributed by atoms with van der Waals surface area (Å²) in [7, 11) is 0. The maximum absolute atomic E-state index is 13.0. The van der Waals surface area contributed by atoms with Gasteiger partial charge in [-0.25, -0.2) is 0 Å². The molecule has 0 amide bonds. The maximum Gasteiger partial charge on any atom is 0.306 e. The molecule has 0 aromatic heterocycles. The maximum atomic E-state index is 13.0. The first-order valence-electron chi connectivity index (χ1n) is 36.4. The fourth-order valence-corrected chi connectivity index (χ4v) is 10.7. The molecular formula is C77H138O6. The normalized spacial score (nSPS) is 12.5. The highest BCUT2D eigenvalue weighted by atomic mass is 16.6. The molecule has 0 N–H and O–H groups in total. The average molecular weight is 1160 g/mol. The van der Waals surface area contributed by atoms with Crippen LogP contribution in [0.3, 0.4) is 0 Å². The summed E-state index contributed by atoms with van der Waals surface area (Å²) < 4.78 is 17.0. The Balaban J connectivity index is 4.30. The van der Waals surface area contributed by atoms with Crippen LogP contribution in [0.15, 0.2) is 72.9 Å². The molecule has 0 fully saturated rings. The van der Waals surface area contributed by atoms with Gasteiger partial charge in [0.05, 0.1) is 0 Å². The molecule has 6 nitrogen and oxygen atoms in total. The van der Waals surface area contributed by atoms with Gasteiger partial charge in [0.1, 0.15) is 13.2 Å². The van der Waals surface area contributed by atoms with Crippen LogP contribution >= 0.6 is 0 Å². The topological polar surface area (TPSA) is 78.9 Å². The minimum absolute atomic E-state index is 0.0784. The first-order chi connectivity index (χ1) is 41.0. The Bertz CT molecular complexity index is 1520. The van der Waals surface area contributed by atoms with Gasteiger partial charge >= 0.3 is 17.9 Å². The van der Waals surface area contributed by atoms with Crippen molar-refractivity contribution in [2.75, 3.05) is 13.2 Å². The molecule has 0 spiro atoms. The van der Waals surface area contributed by atoms with Crippen LogP contribution in [-0.4, -0.2) is 37.2 Å². The average Bonchev–Trinajstić information content (AvgIpc) is 3.49. The van der Waals surface area contributed by atoms with E-state index in [2.05, 4.69) is 93.7 Å². The molecule has 0 aliphatic heterocycles. The lowest BCUT2D eigenvalue weighted by Gasteiger charge is -2.18. The number of unbranched alkanes of at least 4 members (excludes halogenated alkanes) is 44. The van der Waals surface area contributed by atoms with Crippen molar-refractivity contribution in [3.63, 3.8) is 0 Å². The van der Waals surface area contributed by atoms with Crippen LogP contribution in [0.2, 0.25) is 0 Å². The molecule has 0 aromatic rings. The van der Waals surface area contributed by atoms with E-state index in [1.54, 1.807) is 0 Å². The summed E-state index contributed by atoms with van der Waals surface area (Å²) in [5, 5.41) is 0. The van der Waals surface area contributed by atoms with E-state index in [0.29, 0.717) is 19.3 Å². The van der Waals surface area contributed by atoms with Crippen LogP contribution in [0.4, 0.5) is 0 Å². The highest BCUT2D eigenvalue weighted by molar-refractivity contribution is 5.71. The van der Waals surface area contributed by atoms with Crippen molar-refractivity contribution >= 4 is 17.9 Å². The minimum Gasteiger partial charge on any atom is -0.462 e. The summed E-state index contributed by atoms with van der Waals surface area (Å²) in [4.78, 5) is 38.5. The van der Waals surface area contributed by atoms with Gasteiger partial charge in [0, 0.05) is 19.3 Å². The van der Waals surface area contributed by atoms with Crippen molar-refractivity contribution in [3.05, 3.63) is 72.9 Å². The van der Waals surface area contributed by atoms with Crippen LogP contribution in [0, 0.1) is 0 Å². The van der Waals surface area contributed by atoms with Crippen LogP contribution in [0.1, 0.15) is 380 Å². The van der Waals surface area contributed by atoms with Gasteiger partial charge in [0.15, 0.2) is 6.10 Å². The number of esters is 3. The van der Waals surface area contributed by atoms with Crippen molar-refractivity contribution < 1.29 is 28.6 Å². The second-order valence-electron chi connectivity index (χ2n) is 24.5. The fourth-order valence-electron chi connectivity index (χ4n) is 10.7. The Labute approximate surface area is 516 Å². The Hall–Kier alpha value is -3.15. The van der Waals surface area contributed by atoms with E-state index in [9.17, 15) is 14.4 Å². The summed E-state index contributed by atoms with van der Waals surface area (Å²) >= 11 is 0. The number of carbonyl (C=O) groups excluding carboxylic acids is 3. The Morgan fingerprint density at radius 1 is 0.241 bits per heavy atom. The van der Waals surface area contributed by atoms with Crippen molar-refractivity contribution in [2.24, 2.45) is 0 Å². The molecule has 0 aliphatic rings. The van der Waals surface area contributed by atoms with Crippen LogP contribution in [0.5, 0.6) is 0 Å². The van der Waals surface area contributed by atoms with E-state index in [1.165, 1.54) is 250 Å². The van der Waals surface area contributed by atoms with Crippen molar-refractivity contribution in [2.45, 2.75) is 386 Å². The SMILES string of the molecule is CCCCCCC/C=C\C/C=C\C/C=C\CCCCCCCCCCC(=O)OC(COC(=O)CCCCCCC/C=C\CCCCCCCC)COC(=O)CCCCCCCCCCCCCCCCC/C=C\C/C=C\CCCCCCC. The zero-order chi connectivity index (χ0) is 59.9. The summed E-state index contributed by atoms with van der Waals surface area (Å²) in [6.45, 7) is 6.65. The second kappa shape index (κ2) is 71.3. The Kier molecular flexibility index (Phi) is 68.6. The minimum atomic E-state index is -0.784. The Morgan fingerprint density at radius 3 is 0.687 bits per heavy atom. The molecule has 0 bridgehead atoms. The number of rotatable bonds is 67. The van der Waals surface area contributed by atoms with Gasteiger partial charge in [0.25, 0.3) is 0 Å². The molecule has 482 valence electrons. The van der Waals surface area contributed by atoms with E-state index in [-0.39, 0.29) is 31.1 Å². The molecule has 0 aliphatic carbocycles. The first-order valence-corrected chi connectivity index (χ1v) is 36.4. The molecule has 0 radical (unpaired) electrons. The van der Waals surface area contributed by atoms with E-state index < -0.39 is 6.10 Å². The molecule has 83 heavy (non-hydrogen) atoms. The van der Waals surface area contributed by atoms with Crippen molar-refractivity contribution in [1.29, 1.82) is 0 Å². The highest BCUT2D eigenvalue weighted by Crippen LogP contribution is 2.17. The third kappa shape index (κ3) is 69.5.